The van der Waals surface area contributed by atoms with Gasteiger partial charge >= 0.3 is 0 Å². The molecule has 3 rings (SSSR count). The number of nitrogens with one attached hydrogen (secondary N) is 1. The average molecular weight is 410 g/mol. The number of nitro groups is 1. The molecular formula is C22H24N3O5-. The molecule has 0 bridgehead atoms. The highest BCUT2D eigenvalue weighted by Gasteiger charge is 2.44. The van der Waals surface area contributed by atoms with Gasteiger partial charge in [-0.25, -0.2) is 5.43 Å². The van der Waals surface area contributed by atoms with E-state index in [-0.39, 0.29) is 40.2 Å². The zero-order valence-corrected chi connectivity index (χ0v) is 17.3. The van der Waals surface area contributed by atoms with Gasteiger partial charge in [0.2, 0.25) is 5.91 Å². The second-order valence-electron chi connectivity index (χ2n) is 8.38. The number of rotatable bonds is 6. The molecule has 158 valence electrons. The van der Waals surface area contributed by atoms with Gasteiger partial charge in [-0.2, -0.15) is 5.10 Å². The van der Waals surface area contributed by atoms with E-state index in [1.54, 1.807) is 0 Å². The van der Waals surface area contributed by atoms with Crippen LogP contribution >= 0.6 is 0 Å². The maximum Gasteiger partial charge on any atom is 0.273 e. The van der Waals surface area contributed by atoms with Gasteiger partial charge in [-0.15, -0.1) is 0 Å². The Morgan fingerprint density at radius 2 is 1.93 bits per heavy atom. The van der Waals surface area contributed by atoms with E-state index in [9.17, 15) is 20.0 Å². The largest absolute Gasteiger partial charge is 0.870 e. The molecule has 1 N–H and O–H groups in total. The Hall–Kier alpha value is -3.42. The Morgan fingerprint density at radius 3 is 2.50 bits per heavy atom. The maximum absolute atomic E-state index is 12.4. The molecule has 2 aromatic carbocycles. The summed E-state index contributed by atoms with van der Waals surface area (Å²) in [6.07, 6.45) is 1.83. The Bertz CT molecular complexity index is 993. The zero-order chi connectivity index (χ0) is 22.1. The van der Waals surface area contributed by atoms with Crippen LogP contribution in [0, 0.1) is 16.0 Å². The lowest BCUT2D eigenvalue weighted by atomic mass is 9.86. The van der Waals surface area contributed by atoms with Gasteiger partial charge in [0, 0.05) is 12.0 Å². The number of hydrogen-bond donors (Lipinski definition) is 1. The molecule has 0 heterocycles. The van der Waals surface area contributed by atoms with Crippen LogP contribution in [0.4, 0.5) is 5.69 Å². The molecule has 1 saturated carbocycles. The van der Waals surface area contributed by atoms with Gasteiger partial charge < -0.3 is 9.84 Å². The van der Waals surface area contributed by atoms with Crippen molar-refractivity contribution >= 4 is 17.8 Å². The molecule has 1 aliphatic carbocycles. The van der Waals surface area contributed by atoms with Crippen LogP contribution in [0.3, 0.4) is 0 Å². The lowest BCUT2D eigenvalue weighted by molar-refractivity contribution is -0.385. The molecule has 0 saturated heterocycles. The van der Waals surface area contributed by atoms with Crippen molar-refractivity contribution in [1.29, 1.82) is 0 Å². The molecular weight excluding hydrogens is 386 g/mol. The standard InChI is InChI=1S/C22H25N3O5/c1-22(2,3)15-7-5-13(6-8-15)17-11-18(17)21(27)24-23-12-14-9-16(25(28)29)10-19(30-4)20(14)26/h5-10,12,17-18,26H,11H2,1-4H3,(H,24,27)/p-1/b23-12+/t17-,18+/m1/s1. The minimum absolute atomic E-state index is 0.0357. The summed E-state index contributed by atoms with van der Waals surface area (Å²) < 4.78 is 4.88. The zero-order valence-electron chi connectivity index (χ0n) is 17.3. The number of carbonyl (C=O) groups is 1. The first-order valence-electron chi connectivity index (χ1n) is 9.58. The maximum atomic E-state index is 12.4. The van der Waals surface area contributed by atoms with E-state index in [1.807, 2.05) is 0 Å². The number of nitro benzene ring substituents is 1. The topological polar surface area (TPSA) is 117 Å². The number of nitrogens with zero attached hydrogens (tertiary/aromatic N) is 2. The van der Waals surface area contributed by atoms with Crippen LogP contribution in [0.25, 0.3) is 0 Å². The molecule has 8 heteroatoms. The molecule has 0 unspecified atom stereocenters. The van der Waals surface area contributed by atoms with Crippen molar-refractivity contribution in [2.75, 3.05) is 7.11 Å². The first-order valence-corrected chi connectivity index (χ1v) is 9.58. The Labute approximate surface area is 174 Å². The summed E-state index contributed by atoms with van der Waals surface area (Å²) in [5.41, 5.74) is 4.51. The van der Waals surface area contributed by atoms with Gasteiger partial charge in [-0.1, -0.05) is 50.8 Å². The lowest BCUT2D eigenvalue weighted by Gasteiger charge is -2.19. The van der Waals surface area contributed by atoms with Crippen molar-refractivity contribution < 1.29 is 19.6 Å². The van der Waals surface area contributed by atoms with Gasteiger partial charge in [0.05, 0.1) is 24.3 Å². The molecule has 1 fully saturated rings. The lowest BCUT2D eigenvalue weighted by Crippen LogP contribution is -2.20. The predicted octanol–water partition coefficient (Wildman–Crippen LogP) is 3.23. The molecule has 0 radical (unpaired) electrons. The van der Waals surface area contributed by atoms with E-state index < -0.39 is 10.7 Å². The van der Waals surface area contributed by atoms with Crippen molar-refractivity contribution in [3.8, 4) is 11.5 Å². The predicted molar refractivity (Wildman–Crippen MR) is 111 cm³/mol. The monoisotopic (exact) mass is 410 g/mol. The number of hydrogen-bond acceptors (Lipinski definition) is 6. The van der Waals surface area contributed by atoms with Crippen molar-refractivity contribution in [3.05, 3.63) is 63.2 Å². The third-order valence-electron chi connectivity index (χ3n) is 5.21. The highest BCUT2D eigenvalue weighted by Crippen LogP contribution is 2.47. The second-order valence-corrected chi connectivity index (χ2v) is 8.38. The number of non-ortho nitro benzene ring substituents is 1. The van der Waals surface area contributed by atoms with Crippen molar-refractivity contribution in [1.82, 2.24) is 5.43 Å². The Kier molecular flexibility index (Phi) is 5.78. The van der Waals surface area contributed by atoms with Crippen LogP contribution in [0.1, 0.15) is 49.8 Å². The van der Waals surface area contributed by atoms with Crippen LogP contribution in [0.15, 0.2) is 41.5 Å². The second kappa shape index (κ2) is 8.14. The third-order valence-corrected chi connectivity index (χ3v) is 5.21. The molecule has 0 spiro atoms. The first-order chi connectivity index (χ1) is 14.1. The third kappa shape index (κ3) is 4.59. The van der Waals surface area contributed by atoms with Crippen molar-refractivity contribution in [2.45, 2.75) is 38.5 Å². The number of amides is 1. The van der Waals surface area contributed by atoms with E-state index >= 15 is 0 Å². The molecule has 2 atom stereocenters. The Morgan fingerprint density at radius 1 is 1.27 bits per heavy atom. The van der Waals surface area contributed by atoms with Crippen LogP contribution < -0.4 is 15.3 Å². The minimum atomic E-state index is -0.627. The summed E-state index contributed by atoms with van der Waals surface area (Å²) in [5.74, 6) is -0.987. The van der Waals surface area contributed by atoms with Crippen molar-refractivity contribution in [2.24, 2.45) is 11.0 Å². The van der Waals surface area contributed by atoms with Crippen LogP contribution in [-0.2, 0) is 10.2 Å². The quantitative estimate of drug-likeness (QED) is 0.446. The van der Waals surface area contributed by atoms with Crippen LogP contribution in [-0.4, -0.2) is 24.2 Å². The number of ether oxygens (including phenoxy) is 1. The first kappa shape index (κ1) is 21.3. The fourth-order valence-electron chi connectivity index (χ4n) is 3.29. The summed E-state index contributed by atoms with van der Waals surface area (Å²) in [6, 6.07) is 10.4. The number of benzene rings is 2. The fourth-order valence-corrected chi connectivity index (χ4v) is 3.29. The molecule has 30 heavy (non-hydrogen) atoms. The number of methoxy groups -OCH3 is 1. The molecule has 0 aliphatic heterocycles. The van der Waals surface area contributed by atoms with E-state index in [0.29, 0.717) is 0 Å². The SMILES string of the molecule is COc1cc([N+](=O)[O-])cc(/C=N/NC(=O)[C@H]2C[C@@H]2c2ccc(C(C)(C)C)cc2)c1[O-]. The normalized spacial score (nSPS) is 18.3. The highest BCUT2D eigenvalue weighted by molar-refractivity contribution is 5.88. The smallest absolute Gasteiger partial charge is 0.273 e. The summed E-state index contributed by atoms with van der Waals surface area (Å²) in [5, 5.41) is 27.0. The molecule has 1 aliphatic rings. The van der Waals surface area contributed by atoms with Gasteiger partial charge in [-0.05, 0) is 34.4 Å². The minimum Gasteiger partial charge on any atom is -0.870 e. The van der Waals surface area contributed by atoms with Crippen molar-refractivity contribution in [3.63, 3.8) is 0 Å². The van der Waals surface area contributed by atoms with E-state index in [1.165, 1.54) is 12.7 Å². The van der Waals surface area contributed by atoms with Gasteiger partial charge in [-0.3, -0.25) is 14.9 Å². The highest BCUT2D eigenvalue weighted by atomic mass is 16.6. The van der Waals surface area contributed by atoms with Gasteiger partial charge in [0.1, 0.15) is 5.75 Å². The van der Waals surface area contributed by atoms with Gasteiger partial charge in [0.15, 0.2) is 0 Å². The fraction of sp³-hybridized carbons (Fsp3) is 0.364. The number of carbonyl (C=O) groups excluding carboxylic acids is 1. The average Bonchev–Trinajstić information content (AvgIpc) is 3.49. The molecule has 0 aromatic heterocycles. The van der Waals surface area contributed by atoms with Crippen LogP contribution in [0.5, 0.6) is 11.5 Å². The Balaban J connectivity index is 1.64. The van der Waals surface area contributed by atoms with E-state index in [4.69, 9.17) is 4.74 Å². The molecule has 8 nitrogen and oxygen atoms in total. The molecule has 1 amide bonds. The van der Waals surface area contributed by atoms with E-state index in [0.717, 1.165) is 30.3 Å². The number of hydrazone groups is 1. The summed E-state index contributed by atoms with van der Waals surface area (Å²) in [6.45, 7) is 6.45. The summed E-state index contributed by atoms with van der Waals surface area (Å²) in [7, 11) is 1.25. The molecule has 2 aromatic rings. The van der Waals surface area contributed by atoms with Crippen LogP contribution in [0.2, 0.25) is 0 Å². The van der Waals surface area contributed by atoms with E-state index in [2.05, 4.69) is 55.6 Å². The van der Waals surface area contributed by atoms with Gasteiger partial charge in [0.25, 0.3) is 5.69 Å². The summed E-state index contributed by atoms with van der Waals surface area (Å²) >= 11 is 0. The summed E-state index contributed by atoms with van der Waals surface area (Å²) in [4.78, 5) is 22.7.